The number of anilines is 1. The number of aromatic nitrogens is 3. The number of alkyl halides is 3. The molecule has 0 bridgehead atoms. The van der Waals surface area contributed by atoms with Crippen molar-refractivity contribution in [2.75, 3.05) is 5.32 Å². The first-order valence-corrected chi connectivity index (χ1v) is 6.06. The first kappa shape index (κ1) is 14.9. The van der Waals surface area contributed by atoms with Gasteiger partial charge in [0.1, 0.15) is 5.82 Å². The Hall–Kier alpha value is -2.45. The van der Waals surface area contributed by atoms with E-state index in [1.54, 1.807) is 18.2 Å². The van der Waals surface area contributed by atoms with E-state index in [0.717, 1.165) is 0 Å². The number of rotatable bonds is 5. The zero-order valence-corrected chi connectivity index (χ0v) is 10.7. The van der Waals surface area contributed by atoms with Crippen molar-refractivity contribution in [1.82, 2.24) is 15.1 Å². The Morgan fingerprint density at radius 2 is 2.14 bits per heavy atom. The van der Waals surface area contributed by atoms with Gasteiger partial charge in [0.05, 0.1) is 0 Å². The number of carbonyl (C=O) groups excluding carboxylic acids is 1. The molecule has 1 amide bonds. The largest absolute Gasteiger partial charge is 0.471 e. The van der Waals surface area contributed by atoms with Gasteiger partial charge in [-0.05, 0) is 18.6 Å². The fourth-order valence-corrected chi connectivity index (χ4v) is 1.52. The van der Waals surface area contributed by atoms with E-state index >= 15 is 0 Å². The summed E-state index contributed by atoms with van der Waals surface area (Å²) in [5, 5.41) is 5.78. The van der Waals surface area contributed by atoms with Crippen LogP contribution < -0.4 is 5.32 Å². The zero-order valence-electron chi connectivity index (χ0n) is 10.7. The lowest BCUT2D eigenvalue weighted by molar-refractivity contribution is -0.159. The summed E-state index contributed by atoms with van der Waals surface area (Å²) in [6.45, 7) is 0. The third-order valence-electron chi connectivity index (χ3n) is 2.45. The summed E-state index contributed by atoms with van der Waals surface area (Å²) in [7, 11) is 0. The zero-order chi connectivity index (χ0) is 15.3. The minimum absolute atomic E-state index is 0.0760. The molecule has 0 aliphatic heterocycles. The molecule has 1 N–H and O–H groups in total. The van der Waals surface area contributed by atoms with E-state index in [1.165, 1.54) is 6.20 Å². The van der Waals surface area contributed by atoms with Crippen LogP contribution in [0.2, 0.25) is 0 Å². The maximum Gasteiger partial charge on any atom is 0.471 e. The molecule has 2 rings (SSSR count). The van der Waals surface area contributed by atoms with E-state index in [1.807, 2.05) is 0 Å². The Balaban J connectivity index is 1.77. The van der Waals surface area contributed by atoms with Gasteiger partial charge in [0.15, 0.2) is 5.82 Å². The molecular weight excluding hydrogens is 289 g/mol. The summed E-state index contributed by atoms with van der Waals surface area (Å²) >= 11 is 0. The normalized spacial score (nSPS) is 11.4. The molecule has 9 heteroatoms. The van der Waals surface area contributed by atoms with Gasteiger partial charge >= 0.3 is 12.1 Å². The van der Waals surface area contributed by atoms with Gasteiger partial charge in [-0.2, -0.15) is 18.2 Å². The average molecular weight is 300 g/mol. The van der Waals surface area contributed by atoms with E-state index in [9.17, 15) is 18.0 Å². The number of amides is 1. The minimum Gasteiger partial charge on any atom is -0.329 e. The maximum absolute atomic E-state index is 12.2. The lowest BCUT2D eigenvalue weighted by Gasteiger charge is -2.02. The molecule has 0 saturated heterocycles. The second-order valence-corrected chi connectivity index (χ2v) is 4.13. The molecule has 2 heterocycles. The molecule has 0 saturated carbocycles. The molecule has 2 aromatic rings. The number of halogens is 3. The highest BCUT2D eigenvalue weighted by Crippen LogP contribution is 2.27. The van der Waals surface area contributed by atoms with Crippen molar-refractivity contribution in [2.45, 2.75) is 25.4 Å². The second-order valence-electron chi connectivity index (χ2n) is 4.13. The third kappa shape index (κ3) is 4.55. The summed E-state index contributed by atoms with van der Waals surface area (Å²) in [5.41, 5.74) is 0. The van der Waals surface area contributed by atoms with Gasteiger partial charge in [-0.15, -0.1) is 0 Å². The highest BCUT2D eigenvalue weighted by atomic mass is 19.4. The second kappa shape index (κ2) is 6.33. The van der Waals surface area contributed by atoms with E-state index in [-0.39, 0.29) is 24.6 Å². The quantitative estimate of drug-likeness (QED) is 0.917. The minimum atomic E-state index is -4.65. The number of aryl methyl sites for hydroxylation is 1. The van der Waals surface area contributed by atoms with Gasteiger partial charge in [0.25, 0.3) is 0 Å². The molecule has 0 spiro atoms. The van der Waals surface area contributed by atoms with Crippen molar-refractivity contribution in [1.29, 1.82) is 0 Å². The Kier molecular flexibility index (Phi) is 4.51. The standard InChI is InChI=1S/C12H11F3N4O2/c13-12(14,15)11-18-9(19-21-11)5-3-6-10(20)17-8-4-1-2-7-16-8/h1-2,4,7H,3,5-6H2,(H,16,17,20). The Labute approximate surface area is 117 Å². The van der Waals surface area contributed by atoms with Crippen molar-refractivity contribution in [3.63, 3.8) is 0 Å². The number of hydrogen-bond donors (Lipinski definition) is 1. The summed E-state index contributed by atoms with van der Waals surface area (Å²) in [5.74, 6) is -1.32. The van der Waals surface area contributed by atoms with Gasteiger partial charge in [0.2, 0.25) is 5.91 Å². The number of hydrogen-bond acceptors (Lipinski definition) is 5. The molecule has 0 fully saturated rings. The molecule has 0 radical (unpaired) electrons. The van der Waals surface area contributed by atoms with Crippen LogP contribution in [0, 0.1) is 0 Å². The van der Waals surface area contributed by atoms with Gasteiger partial charge < -0.3 is 9.84 Å². The summed E-state index contributed by atoms with van der Waals surface area (Å²) in [4.78, 5) is 18.7. The highest BCUT2D eigenvalue weighted by molar-refractivity contribution is 5.89. The van der Waals surface area contributed by atoms with Crippen LogP contribution in [0.5, 0.6) is 0 Å². The SMILES string of the molecule is O=C(CCCc1noc(C(F)(F)F)n1)Nc1ccccn1. The fourth-order valence-electron chi connectivity index (χ4n) is 1.52. The summed E-state index contributed by atoms with van der Waals surface area (Å²) < 4.78 is 40.8. The molecule has 0 aliphatic carbocycles. The van der Waals surface area contributed by atoms with Crippen LogP contribution in [0.1, 0.15) is 24.6 Å². The Morgan fingerprint density at radius 1 is 1.33 bits per heavy atom. The van der Waals surface area contributed by atoms with Crippen LogP contribution in [0.4, 0.5) is 19.0 Å². The third-order valence-corrected chi connectivity index (χ3v) is 2.45. The van der Waals surface area contributed by atoms with Crippen LogP contribution in [0.25, 0.3) is 0 Å². The van der Waals surface area contributed by atoms with E-state index in [2.05, 4.69) is 25.0 Å². The number of pyridine rings is 1. The van der Waals surface area contributed by atoms with Crippen molar-refractivity contribution in [3.8, 4) is 0 Å². The fraction of sp³-hybridized carbons (Fsp3) is 0.333. The smallest absolute Gasteiger partial charge is 0.329 e. The first-order chi connectivity index (χ1) is 9.95. The van der Waals surface area contributed by atoms with Crippen molar-refractivity contribution < 1.29 is 22.5 Å². The van der Waals surface area contributed by atoms with Gasteiger partial charge in [-0.1, -0.05) is 11.2 Å². The molecular formula is C12H11F3N4O2. The van der Waals surface area contributed by atoms with Crippen LogP contribution >= 0.6 is 0 Å². The number of carbonyl (C=O) groups is 1. The van der Waals surface area contributed by atoms with Crippen molar-refractivity contribution in [2.24, 2.45) is 0 Å². The number of nitrogens with zero attached hydrogens (tertiary/aromatic N) is 3. The Bertz CT molecular complexity index is 598. The predicted molar refractivity (Wildman–Crippen MR) is 65.1 cm³/mol. The summed E-state index contributed by atoms with van der Waals surface area (Å²) in [6, 6.07) is 5.07. The molecule has 21 heavy (non-hydrogen) atoms. The molecule has 6 nitrogen and oxygen atoms in total. The monoisotopic (exact) mass is 300 g/mol. The van der Waals surface area contributed by atoms with Crippen molar-refractivity contribution >= 4 is 11.7 Å². The molecule has 112 valence electrons. The van der Waals surface area contributed by atoms with Crippen molar-refractivity contribution in [3.05, 3.63) is 36.1 Å². The molecule has 0 unspecified atom stereocenters. The van der Waals surface area contributed by atoms with E-state index in [0.29, 0.717) is 12.2 Å². The molecule has 2 aromatic heterocycles. The average Bonchev–Trinajstić information content (AvgIpc) is 2.88. The van der Waals surface area contributed by atoms with Gasteiger partial charge in [-0.25, -0.2) is 4.98 Å². The summed E-state index contributed by atoms with van der Waals surface area (Å²) in [6.07, 6.45) is -2.58. The lowest BCUT2D eigenvalue weighted by atomic mass is 10.2. The molecule has 0 aromatic carbocycles. The lowest BCUT2D eigenvalue weighted by Crippen LogP contribution is -2.12. The number of nitrogens with one attached hydrogen (secondary N) is 1. The van der Waals surface area contributed by atoms with Gasteiger partial charge in [0, 0.05) is 19.0 Å². The predicted octanol–water partition coefficient (Wildman–Crippen LogP) is 2.44. The van der Waals surface area contributed by atoms with Gasteiger partial charge in [-0.3, -0.25) is 4.79 Å². The topological polar surface area (TPSA) is 80.9 Å². The first-order valence-electron chi connectivity index (χ1n) is 6.06. The maximum atomic E-state index is 12.2. The highest BCUT2D eigenvalue weighted by Gasteiger charge is 2.38. The van der Waals surface area contributed by atoms with E-state index in [4.69, 9.17) is 0 Å². The molecule has 0 atom stereocenters. The Morgan fingerprint density at radius 3 is 2.76 bits per heavy atom. The van der Waals surface area contributed by atoms with E-state index < -0.39 is 12.1 Å². The van der Waals surface area contributed by atoms with Crippen LogP contribution in [0.3, 0.4) is 0 Å². The van der Waals surface area contributed by atoms with Crippen LogP contribution in [0.15, 0.2) is 28.9 Å². The van der Waals surface area contributed by atoms with Crippen LogP contribution in [-0.2, 0) is 17.4 Å². The molecule has 0 aliphatic rings. The van der Waals surface area contributed by atoms with Crippen LogP contribution in [-0.4, -0.2) is 21.0 Å².